The van der Waals surface area contributed by atoms with Crippen LogP contribution >= 0.6 is 0 Å². The third-order valence-electron chi connectivity index (χ3n) is 5.85. The number of hydrogen-bond acceptors (Lipinski definition) is 5. The van der Waals surface area contributed by atoms with Crippen LogP contribution in [0.5, 0.6) is 5.75 Å². The van der Waals surface area contributed by atoms with E-state index in [1.54, 1.807) is 0 Å². The first-order valence-electron chi connectivity index (χ1n) is 9.91. The lowest BCUT2D eigenvalue weighted by molar-refractivity contribution is -0.272. The van der Waals surface area contributed by atoms with Gasteiger partial charge in [-0.15, -0.1) is 0 Å². The van der Waals surface area contributed by atoms with Crippen molar-refractivity contribution in [1.82, 2.24) is 4.98 Å². The summed E-state index contributed by atoms with van der Waals surface area (Å²) in [5.74, 6) is -10.3. The van der Waals surface area contributed by atoms with Gasteiger partial charge < -0.3 is 20.5 Å². The number of aromatic nitrogens is 1. The molecule has 0 aliphatic carbocycles. The summed E-state index contributed by atoms with van der Waals surface area (Å²) in [4.78, 5) is 28.0. The molecule has 35 heavy (non-hydrogen) atoms. The summed E-state index contributed by atoms with van der Waals surface area (Å²) in [5.41, 5.74) is 1.14. The Morgan fingerprint density at radius 2 is 1.89 bits per heavy atom. The van der Waals surface area contributed by atoms with Crippen molar-refractivity contribution in [3.05, 3.63) is 53.4 Å². The fourth-order valence-corrected chi connectivity index (χ4v) is 3.90. The van der Waals surface area contributed by atoms with Gasteiger partial charge in [-0.25, -0.2) is 4.39 Å². The first-order valence-corrected chi connectivity index (χ1v) is 9.91. The standard InChI is InChI=1S/C21H18F7N3O4/c1-8-13(10-3-4-11(22)14(23)15(10)34-19(24)25)16(35-20(8,2)21(26,27)28)18(33)31-9-5-6-30-12(7-9)17(29)32/h3-8,13,16,19H,1-2H3,(H2,29,32)(H,30,31,33)/t8-,13-,16+,20-/m0/s1. The lowest BCUT2D eigenvalue weighted by Gasteiger charge is -2.32. The number of ether oxygens (including phenoxy) is 2. The Kier molecular flexibility index (Phi) is 6.97. The molecule has 3 N–H and O–H groups in total. The topological polar surface area (TPSA) is 104 Å². The number of amides is 2. The second kappa shape index (κ2) is 9.32. The highest BCUT2D eigenvalue weighted by Gasteiger charge is 2.66. The first kappa shape index (κ1) is 26.2. The summed E-state index contributed by atoms with van der Waals surface area (Å²) < 4.78 is 105. The molecule has 0 spiro atoms. The van der Waals surface area contributed by atoms with E-state index in [-0.39, 0.29) is 11.4 Å². The lowest BCUT2D eigenvalue weighted by Crippen LogP contribution is -2.47. The second-order valence-corrected chi connectivity index (χ2v) is 7.90. The van der Waals surface area contributed by atoms with Gasteiger partial charge in [-0.1, -0.05) is 13.0 Å². The highest BCUT2D eigenvalue weighted by Crippen LogP contribution is 2.55. The Hall–Kier alpha value is -3.42. The van der Waals surface area contributed by atoms with Gasteiger partial charge in [-0.2, -0.15) is 26.3 Å². The number of nitrogens with zero attached hydrogens (tertiary/aromatic N) is 1. The third-order valence-corrected chi connectivity index (χ3v) is 5.85. The summed E-state index contributed by atoms with van der Waals surface area (Å²) >= 11 is 0. The van der Waals surface area contributed by atoms with Crippen LogP contribution in [0.15, 0.2) is 30.5 Å². The third kappa shape index (κ3) is 4.88. The molecule has 1 aliphatic rings. The van der Waals surface area contributed by atoms with E-state index in [0.717, 1.165) is 25.3 Å². The Bertz CT molecular complexity index is 1140. The molecule has 2 heterocycles. The van der Waals surface area contributed by atoms with Crippen molar-refractivity contribution in [1.29, 1.82) is 0 Å². The van der Waals surface area contributed by atoms with E-state index in [4.69, 9.17) is 10.5 Å². The molecule has 1 aliphatic heterocycles. The average molecular weight is 509 g/mol. The van der Waals surface area contributed by atoms with Crippen molar-refractivity contribution in [3.63, 3.8) is 0 Å². The number of nitrogens with two attached hydrogens (primary N) is 1. The van der Waals surface area contributed by atoms with Gasteiger partial charge in [0.05, 0.1) is 0 Å². The zero-order valence-corrected chi connectivity index (χ0v) is 18.0. The molecule has 14 heteroatoms. The number of pyridine rings is 1. The molecule has 7 nitrogen and oxygen atoms in total. The van der Waals surface area contributed by atoms with Crippen LogP contribution in [-0.4, -0.2) is 41.3 Å². The molecular weight excluding hydrogens is 491 g/mol. The molecule has 1 aromatic heterocycles. The zero-order valence-electron chi connectivity index (χ0n) is 18.0. The van der Waals surface area contributed by atoms with E-state index in [9.17, 15) is 40.3 Å². The van der Waals surface area contributed by atoms with Gasteiger partial charge in [0.15, 0.2) is 17.2 Å². The first-order chi connectivity index (χ1) is 16.2. The van der Waals surface area contributed by atoms with Crippen LogP contribution in [0.4, 0.5) is 36.4 Å². The molecule has 3 rings (SSSR count). The van der Waals surface area contributed by atoms with Gasteiger partial charge in [-0.05, 0) is 25.1 Å². The second-order valence-electron chi connectivity index (χ2n) is 7.90. The molecule has 0 radical (unpaired) electrons. The van der Waals surface area contributed by atoms with E-state index in [0.29, 0.717) is 13.0 Å². The summed E-state index contributed by atoms with van der Waals surface area (Å²) in [6.07, 6.45) is -5.97. The van der Waals surface area contributed by atoms with E-state index in [1.165, 1.54) is 6.07 Å². The Labute approximate surface area is 193 Å². The summed E-state index contributed by atoms with van der Waals surface area (Å²) in [6, 6.07) is 3.50. The van der Waals surface area contributed by atoms with E-state index >= 15 is 0 Å². The number of anilines is 1. The minimum atomic E-state index is -5.04. The normalized spacial score (nSPS) is 24.5. The molecule has 190 valence electrons. The number of carbonyl (C=O) groups excluding carboxylic acids is 2. The van der Waals surface area contributed by atoms with Crippen LogP contribution in [0.25, 0.3) is 0 Å². The van der Waals surface area contributed by atoms with Gasteiger partial charge in [0.2, 0.25) is 5.82 Å². The van der Waals surface area contributed by atoms with Crippen molar-refractivity contribution in [3.8, 4) is 5.75 Å². The number of primary amides is 1. The molecular formula is C21H18F7N3O4. The van der Waals surface area contributed by atoms with Crippen LogP contribution in [0, 0.1) is 17.6 Å². The maximum absolute atomic E-state index is 14.4. The van der Waals surface area contributed by atoms with Crippen LogP contribution < -0.4 is 15.8 Å². The SMILES string of the molecule is C[C@H]1[C@@H](c2ccc(F)c(F)c2OC(F)F)[C@H](C(=O)Nc2ccnc(C(N)=O)c2)O[C@]1(C)C(F)(F)F. The van der Waals surface area contributed by atoms with Crippen molar-refractivity contribution in [2.45, 2.75) is 44.3 Å². The van der Waals surface area contributed by atoms with Crippen molar-refractivity contribution < 1.29 is 49.8 Å². The van der Waals surface area contributed by atoms with Crippen molar-refractivity contribution in [2.24, 2.45) is 11.7 Å². The number of rotatable bonds is 6. The van der Waals surface area contributed by atoms with Crippen molar-refractivity contribution in [2.75, 3.05) is 5.32 Å². The van der Waals surface area contributed by atoms with Gasteiger partial charge >= 0.3 is 12.8 Å². The van der Waals surface area contributed by atoms with Crippen molar-refractivity contribution >= 4 is 17.5 Å². The number of carbonyl (C=O) groups is 2. The number of benzene rings is 1. The van der Waals surface area contributed by atoms with Crippen LogP contribution in [0.3, 0.4) is 0 Å². The van der Waals surface area contributed by atoms with E-state index in [1.807, 2.05) is 0 Å². The molecule has 0 unspecified atom stereocenters. The zero-order chi connectivity index (χ0) is 26.3. The molecule has 2 aromatic rings. The number of alkyl halides is 5. The molecule has 0 saturated carbocycles. The molecule has 1 aromatic carbocycles. The van der Waals surface area contributed by atoms with Crippen LogP contribution in [0.2, 0.25) is 0 Å². The van der Waals surface area contributed by atoms with E-state index < -0.39 is 71.1 Å². The molecule has 0 bridgehead atoms. The predicted octanol–water partition coefficient (Wildman–Crippen LogP) is 4.14. The highest BCUT2D eigenvalue weighted by molar-refractivity contribution is 5.97. The highest BCUT2D eigenvalue weighted by atomic mass is 19.4. The summed E-state index contributed by atoms with van der Waals surface area (Å²) in [6.45, 7) is -1.98. The average Bonchev–Trinajstić information content (AvgIpc) is 3.04. The van der Waals surface area contributed by atoms with E-state index in [2.05, 4.69) is 15.0 Å². The summed E-state index contributed by atoms with van der Waals surface area (Å²) in [5, 5.41) is 2.24. The molecule has 1 fully saturated rings. The minimum Gasteiger partial charge on any atom is -0.431 e. The predicted molar refractivity (Wildman–Crippen MR) is 106 cm³/mol. The summed E-state index contributed by atoms with van der Waals surface area (Å²) in [7, 11) is 0. The lowest BCUT2D eigenvalue weighted by atomic mass is 9.77. The van der Waals surface area contributed by atoms with Gasteiger partial charge in [0.25, 0.3) is 11.8 Å². The van der Waals surface area contributed by atoms with Crippen LogP contribution in [0.1, 0.15) is 35.8 Å². The molecule has 4 atom stereocenters. The maximum Gasteiger partial charge on any atom is 0.417 e. The van der Waals surface area contributed by atoms with Gasteiger partial charge in [-0.3, -0.25) is 14.6 Å². The Morgan fingerprint density at radius 1 is 1.23 bits per heavy atom. The fraction of sp³-hybridized carbons (Fsp3) is 0.381. The quantitative estimate of drug-likeness (QED) is 0.570. The molecule has 2 amide bonds. The Balaban J connectivity index is 2.10. The molecule has 1 saturated heterocycles. The minimum absolute atomic E-state index is 0.0937. The van der Waals surface area contributed by atoms with Gasteiger partial charge in [0, 0.05) is 29.3 Å². The maximum atomic E-state index is 14.4. The number of halogens is 7. The largest absolute Gasteiger partial charge is 0.431 e. The monoisotopic (exact) mass is 509 g/mol. The number of nitrogens with one attached hydrogen (secondary N) is 1. The fourth-order valence-electron chi connectivity index (χ4n) is 3.90. The Morgan fingerprint density at radius 3 is 2.46 bits per heavy atom. The smallest absolute Gasteiger partial charge is 0.417 e. The number of hydrogen-bond donors (Lipinski definition) is 2. The van der Waals surface area contributed by atoms with Crippen LogP contribution in [-0.2, 0) is 9.53 Å². The van der Waals surface area contributed by atoms with Gasteiger partial charge in [0.1, 0.15) is 11.8 Å².